The van der Waals surface area contributed by atoms with E-state index in [1.54, 1.807) is 0 Å². The summed E-state index contributed by atoms with van der Waals surface area (Å²) in [5, 5.41) is 0. The molecule has 3 rings (SSSR count). The molecule has 158 valence electrons. The Kier molecular flexibility index (Phi) is 16.7. The van der Waals surface area contributed by atoms with E-state index in [0.717, 1.165) is 18.5 Å². The van der Waals surface area contributed by atoms with Crippen LogP contribution in [-0.4, -0.2) is 50.1 Å². The van der Waals surface area contributed by atoms with Crippen LogP contribution in [0.1, 0.15) is 84.1 Å². The SMILES string of the molecule is CC.CCc1ccccc1.CN(C)C1CCCC1.CN(C)C1CCCCC1. The Labute approximate surface area is 171 Å². The molecule has 2 aliphatic rings. The fourth-order valence-corrected chi connectivity index (χ4v) is 3.73. The van der Waals surface area contributed by atoms with Gasteiger partial charge in [-0.15, -0.1) is 0 Å². The highest BCUT2D eigenvalue weighted by Gasteiger charge is 2.15. The third-order valence-corrected chi connectivity index (χ3v) is 5.61. The first-order chi connectivity index (χ1) is 13.0. The summed E-state index contributed by atoms with van der Waals surface area (Å²) in [6, 6.07) is 12.2. The topological polar surface area (TPSA) is 6.48 Å². The van der Waals surface area contributed by atoms with E-state index in [-0.39, 0.29) is 0 Å². The van der Waals surface area contributed by atoms with Gasteiger partial charge < -0.3 is 9.80 Å². The van der Waals surface area contributed by atoms with Gasteiger partial charge in [-0.3, -0.25) is 0 Å². The fraction of sp³-hybridized carbons (Fsp3) is 0.760. The molecule has 0 amide bonds. The molecule has 0 aromatic heterocycles. The Bertz CT molecular complexity index is 402. The van der Waals surface area contributed by atoms with Gasteiger partial charge >= 0.3 is 0 Å². The van der Waals surface area contributed by atoms with Crippen LogP contribution in [0, 0.1) is 0 Å². The normalized spacial score (nSPS) is 17.4. The molecule has 1 aromatic rings. The van der Waals surface area contributed by atoms with Gasteiger partial charge in [0.15, 0.2) is 0 Å². The van der Waals surface area contributed by atoms with Crippen molar-refractivity contribution < 1.29 is 0 Å². The summed E-state index contributed by atoms with van der Waals surface area (Å²) in [5.74, 6) is 0. The van der Waals surface area contributed by atoms with Gasteiger partial charge in [-0.1, -0.05) is 83.2 Å². The van der Waals surface area contributed by atoms with Crippen LogP contribution in [0.25, 0.3) is 0 Å². The van der Waals surface area contributed by atoms with Crippen LogP contribution in [0.5, 0.6) is 0 Å². The number of aryl methyl sites for hydroxylation is 1. The minimum absolute atomic E-state index is 0.888. The van der Waals surface area contributed by atoms with Gasteiger partial charge in [-0.05, 0) is 65.9 Å². The summed E-state index contributed by atoms with van der Waals surface area (Å²) in [5.41, 5.74) is 1.41. The smallest absolute Gasteiger partial charge is 0.00891 e. The zero-order valence-corrected chi connectivity index (χ0v) is 19.5. The van der Waals surface area contributed by atoms with Crippen LogP contribution >= 0.6 is 0 Å². The van der Waals surface area contributed by atoms with Crippen molar-refractivity contribution in [2.45, 2.75) is 97.1 Å². The molecule has 0 spiro atoms. The van der Waals surface area contributed by atoms with Gasteiger partial charge in [0, 0.05) is 12.1 Å². The van der Waals surface area contributed by atoms with E-state index in [1.807, 2.05) is 19.9 Å². The second kappa shape index (κ2) is 17.3. The fourth-order valence-electron chi connectivity index (χ4n) is 3.73. The molecule has 2 nitrogen and oxygen atoms in total. The van der Waals surface area contributed by atoms with Crippen LogP contribution in [0.3, 0.4) is 0 Å². The first-order valence-corrected chi connectivity index (χ1v) is 11.4. The molecule has 1 aromatic carbocycles. The molecular weight excluding hydrogens is 328 g/mol. The summed E-state index contributed by atoms with van der Waals surface area (Å²) < 4.78 is 0. The molecule has 2 fully saturated rings. The molecule has 0 atom stereocenters. The van der Waals surface area contributed by atoms with E-state index >= 15 is 0 Å². The number of hydrogen-bond donors (Lipinski definition) is 0. The lowest BCUT2D eigenvalue weighted by molar-refractivity contribution is 0.229. The molecule has 0 bridgehead atoms. The number of rotatable bonds is 3. The van der Waals surface area contributed by atoms with Gasteiger partial charge in [0.05, 0.1) is 0 Å². The van der Waals surface area contributed by atoms with Crippen molar-refractivity contribution in [3.8, 4) is 0 Å². The third-order valence-electron chi connectivity index (χ3n) is 5.61. The van der Waals surface area contributed by atoms with Gasteiger partial charge in [-0.25, -0.2) is 0 Å². The Morgan fingerprint density at radius 1 is 0.667 bits per heavy atom. The predicted octanol–water partition coefficient (Wildman–Crippen LogP) is 6.65. The minimum Gasteiger partial charge on any atom is -0.306 e. The van der Waals surface area contributed by atoms with E-state index in [0.29, 0.717) is 0 Å². The van der Waals surface area contributed by atoms with Crippen molar-refractivity contribution >= 4 is 0 Å². The lowest BCUT2D eigenvalue weighted by atomic mass is 9.95. The summed E-state index contributed by atoms with van der Waals surface area (Å²) in [4.78, 5) is 4.70. The van der Waals surface area contributed by atoms with Crippen LogP contribution in [0.2, 0.25) is 0 Å². The molecule has 27 heavy (non-hydrogen) atoms. The zero-order chi connectivity index (χ0) is 20.5. The van der Waals surface area contributed by atoms with E-state index in [4.69, 9.17) is 0 Å². The predicted molar refractivity (Wildman–Crippen MR) is 124 cm³/mol. The Morgan fingerprint density at radius 2 is 1.04 bits per heavy atom. The molecular formula is C25H48N2. The maximum Gasteiger partial charge on any atom is 0.00891 e. The van der Waals surface area contributed by atoms with Gasteiger partial charge in [0.1, 0.15) is 0 Å². The van der Waals surface area contributed by atoms with Crippen LogP contribution in [-0.2, 0) is 6.42 Å². The Morgan fingerprint density at radius 3 is 1.30 bits per heavy atom. The Hall–Kier alpha value is -0.860. The summed E-state index contributed by atoms with van der Waals surface area (Å²) >= 11 is 0. The number of hydrogen-bond acceptors (Lipinski definition) is 2. The van der Waals surface area contributed by atoms with Crippen molar-refractivity contribution in [1.82, 2.24) is 9.80 Å². The molecule has 0 N–H and O–H groups in total. The monoisotopic (exact) mass is 376 g/mol. The van der Waals surface area contributed by atoms with E-state index in [2.05, 4.69) is 69.2 Å². The second-order valence-corrected chi connectivity index (χ2v) is 8.00. The van der Waals surface area contributed by atoms with Gasteiger partial charge in [0.2, 0.25) is 0 Å². The van der Waals surface area contributed by atoms with E-state index < -0.39 is 0 Å². The van der Waals surface area contributed by atoms with Crippen molar-refractivity contribution in [3.63, 3.8) is 0 Å². The molecule has 2 saturated carbocycles. The molecule has 2 aliphatic carbocycles. The maximum absolute atomic E-state index is 2.36. The van der Waals surface area contributed by atoms with Crippen LogP contribution < -0.4 is 0 Å². The lowest BCUT2D eigenvalue weighted by Crippen LogP contribution is -2.29. The summed E-state index contributed by atoms with van der Waals surface area (Å²) in [6.07, 6.45) is 14.1. The highest BCUT2D eigenvalue weighted by molar-refractivity contribution is 5.13. The van der Waals surface area contributed by atoms with Crippen molar-refractivity contribution in [1.29, 1.82) is 0 Å². The number of nitrogens with zero attached hydrogens (tertiary/aromatic N) is 2. The van der Waals surface area contributed by atoms with Crippen molar-refractivity contribution in [2.75, 3.05) is 28.2 Å². The average molecular weight is 377 g/mol. The first-order valence-electron chi connectivity index (χ1n) is 11.4. The summed E-state index contributed by atoms with van der Waals surface area (Å²) in [7, 11) is 8.73. The Balaban J connectivity index is 0.000000359. The molecule has 0 aliphatic heterocycles. The third kappa shape index (κ3) is 13.0. The zero-order valence-electron chi connectivity index (χ0n) is 19.5. The quantitative estimate of drug-likeness (QED) is 0.583. The second-order valence-electron chi connectivity index (χ2n) is 8.00. The van der Waals surface area contributed by atoms with Gasteiger partial charge in [-0.2, -0.15) is 0 Å². The molecule has 0 radical (unpaired) electrons. The van der Waals surface area contributed by atoms with Crippen LogP contribution in [0.15, 0.2) is 30.3 Å². The average Bonchev–Trinajstić information content (AvgIpc) is 3.27. The lowest BCUT2D eigenvalue weighted by Gasteiger charge is -2.27. The molecule has 0 heterocycles. The molecule has 0 unspecified atom stereocenters. The summed E-state index contributed by atoms with van der Waals surface area (Å²) in [6.45, 7) is 6.16. The van der Waals surface area contributed by atoms with Crippen molar-refractivity contribution in [3.05, 3.63) is 35.9 Å². The molecule has 0 saturated heterocycles. The standard InChI is InChI=1S/C8H17N.C8H10.C7H15N.C2H6/c1-9(2)8-6-4-3-5-7-8;1-2-8-6-4-3-5-7-8;1-8(2)7-5-3-4-6-7;1-2/h8H,3-7H2,1-2H3;3-7H,2H2,1H3;7H,3-6H2,1-2H3;1-2H3. The minimum atomic E-state index is 0.888. The first kappa shape index (κ1) is 26.1. The highest BCUT2D eigenvalue weighted by Crippen LogP contribution is 2.21. The van der Waals surface area contributed by atoms with Crippen LogP contribution in [0.4, 0.5) is 0 Å². The largest absolute Gasteiger partial charge is 0.306 e. The van der Waals surface area contributed by atoms with Crippen molar-refractivity contribution in [2.24, 2.45) is 0 Å². The van der Waals surface area contributed by atoms with E-state index in [1.165, 1.54) is 63.4 Å². The number of benzene rings is 1. The maximum atomic E-state index is 2.36. The van der Waals surface area contributed by atoms with E-state index in [9.17, 15) is 0 Å². The highest BCUT2D eigenvalue weighted by atomic mass is 15.1. The molecule has 2 heteroatoms. The van der Waals surface area contributed by atoms with Gasteiger partial charge in [0.25, 0.3) is 0 Å².